The van der Waals surface area contributed by atoms with Crippen molar-refractivity contribution in [3.05, 3.63) is 33.9 Å². The average Bonchev–Trinajstić information content (AvgIpc) is 2.04. The molecule has 13 heavy (non-hydrogen) atoms. The minimum absolute atomic E-state index is 0.0648. The van der Waals surface area contributed by atoms with Gasteiger partial charge >= 0.3 is 0 Å². The zero-order chi connectivity index (χ0) is 9.84. The molecule has 0 fully saturated rings. The number of nitro groups is 1. The molecule has 68 valence electrons. The Labute approximate surface area is 73.8 Å². The van der Waals surface area contributed by atoms with Crippen LogP contribution in [0.3, 0.4) is 0 Å². The van der Waals surface area contributed by atoms with E-state index in [2.05, 4.69) is 0 Å². The highest BCUT2D eigenvalue weighted by molar-refractivity contribution is 5.60. The maximum Gasteiger partial charge on any atom is 0.273 e. The van der Waals surface area contributed by atoms with Crippen LogP contribution in [0.2, 0.25) is 0 Å². The largest absolute Gasteiger partial charge is 0.508 e. The third-order valence-electron chi connectivity index (χ3n) is 1.56. The summed E-state index contributed by atoms with van der Waals surface area (Å²) in [6, 6.07) is 3.60. The Hall–Kier alpha value is -1.91. The van der Waals surface area contributed by atoms with Crippen LogP contribution in [-0.4, -0.2) is 16.3 Å². The van der Waals surface area contributed by atoms with Crippen molar-refractivity contribution in [2.75, 3.05) is 0 Å². The number of carbonyl (C=O) groups is 1. The second-order valence-electron chi connectivity index (χ2n) is 2.44. The van der Waals surface area contributed by atoms with Crippen molar-refractivity contribution in [3.63, 3.8) is 0 Å². The van der Waals surface area contributed by atoms with Gasteiger partial charge < -0.3 is 9.90 Å². The van der Waals surface area contributed by atoms with Crippen molar-refractivity contribution in [2.45, 2.75) is 6.42 Å². The SMILES string of the molecule is O=CCc1cc(O)ccc1[N+](=O)[O-]. The number of nitrogens with zero attached hydrogens (tertiary/aromatic N) is 1. The first-order valence-electron chi connectivity index (χ1n) is 3.55. The van der Waals surface area contributed by atoms with E-state index >= 15 is 0 Å². The summed E-state index contributed by atoms with van der Waals surface area (Å²) in [5, 5.41) is 19.4. The molecule has 5 nitrogen and oxygen atoms in total. The smallest absolute Gasteiger partial charge is 0.273 e. The van der Waals surface area contributed by atoms with Gasteiger partial charge in [0.15, 0.2) is 0 Å². The van der Waals surface area contributed by atoms with E-state index in [1.54, 1.807) is 0 Å². The standard InChI is InChI=1S/C8H7NO4/c10-4-3-6-5-7(11)1-2-8(6)9(12)13/h1-2,4-5,11H,3H2. The molecule has 0 bridgehead atoms. The summed E-state index contributed by atoms with van der Waals surface area (Å²) in [5.74, 6) is -0.0811. The molecule has 0 heterocycles. The zero-order valence-electron chi connectivity index (χ0n) is 6.64. The number of carbonyl (C=O) groups excluding carboxylic acids is 1. The highest BCUT2D eigenvalue weighted by Crippen LogP contribution is 2.22. The van der Waals surface area contributed by atoms with Crippen LogP contribution in [0.1, 0.15) is 5.56 Å². The Balaban J connectivity index is 3.17. The lowest BCUT2D eigenvalue weighted by Gasteiger charge is -1.98. The molecule has 1 rings (SSSR count). The van der Waals surface area contributed by atoms with Crippen LogP contribution < -0.4 is 0 Å². The molecule has 1 aromatic carbocycles. The van der Waals surface area contributed by atoms with E-state index in [1.165, 1.54) is 18.2 Å². The van der Waals surface area contributed by atoms with Crippen LogP contribution in [0.5, 0.6) is 5.75 Å². The quantitative estimate of drug-likeness (QED) is 0.429. The van der Waals surface area contributed by atoms with E-state index < -0.39 is 4.92 Å². The average molecular weight is 181 g/mol. The number of nitro benzene ring substituents is 1. The fourth-order valence-electron chi connectivity index (χ4n) is 1.00. The molecule has 0 aliphatic rings. The molecule has 5 heteroatoms. The third-order valence-corrected chi connectivity index (χ3v) is 1.56. The normalized spacial score (nSPS) is 9.54. The van der Waals surface area contributed by atoms with E-state index in [4.69, 9.17) is 5.11 Å². The van der Waals surface area contributed by atoms with Gasteiger partial charge in [-0.1, -0.05) is 0 Å². The van der Waals surface area contributed by atoms with Gasteiger partial charge in [0.2, 0.25) is 0 Å². The number of aldehydes is 1. The van der Waals surface area contributed by atoms with Crippen molar-refractivity contribution in [1.82, 2.24) is 0 Å². The maximum absolute atomic E-state index is 10.4. The minimum atomic E-state index is -0.585. The summed E-state index contributed by atoms with van der Waals surface area (Å²) in [4.78, 5) is 20.0. The lowest BCUT2D eigenvalue weighted by Crippen LogP contribution is -1.95. The second kappa shape index (κ2) is 3.66. The molecule has 0 aliphatic heterocycles. The number of phenols is 1. The van der Waals surface area contributed by atoms with Crippen molar-refractivity contribution < 1.29 is 14.8 Å². The van der Waals surface area contributed by atoms with E-state index in [0.29, 0.717) is 6.29 Å². The van der Waals surface area contributed by atoms with Crippen LogP contribution in [0, 0.1) is 10.1 Å². The molecule has 0 atom stereocenters. The number of benzene rings is 1. The van der Waals surface area contributed by atoms with Gasteiger partial charge in [-0.05, 0) is 12.1 Å². The van der Waals surface area contributed by atoms with Gasteiger partial charge in [-0.15, -0.1) is 0 Å². The van der Waals surface area contributed by atoms with Crippen LogP contribution in [0.25, 0.3) is 0 Å². The van der Waals surface area contributed by atoms with Gasteiger partial charge in [-0.2, -0.15) is 0 Å². The molecule has 0 aromatic heterocycles. The molecule has 0 unspecified atom stereocenters. The first-order valence-corrected chi connectivity index (χ1v) is 3.55. The van der Waals surface area contributed by atoms with Crippen LogP contribution in [-0.2, 0) is 11.2 Å². The molecule has 0 amide bonds. The van der Waals surface area contributed by atoms with Crippen LogP contribution in [0.4, 0.5) is 5.69 Å². The summed E-state index contributed by atoms with van der Waals surface area (Å²) < 4.78 is 0. The van der Waals surface area contributed by atoms with Gasteiger partial charge in [0.1, 0.15) is 12.0 Å². The Bertz CT molecular complexity index is 348. The summed E-state index contributed by atoms with van der Waals surface area (Å²) in [6.07, 6.45) is 0.493. The highest BCUT2D eigenvalue weighted by Gasteiger charge is 2.12. The van der Waals surface area contributed by atoms with Gasteiger partial charge in [0.25, 0.3) is 5.69 Å². The summed E-state index contributed by atoms with van der Waals surface area (Å²) >= 11 is 0. The van der Waals surface area contributed by atoms with Gasteiger partial charge in [-0.3, -0.25) is 10.1 Å². The lowest BCUT2D eigenvalue weighted by molar-refractivity contribution is -0.385. The van der Waals surface area contributed by atoms with Crippen molar-refractivity contribution in [3.8, 4) is 5.75 Å². The number of phenolic OH excluding ortho intramolecular Hbond substituents is 1. The predicted molar refractivity (Wildman–Crippen MR) is 44.5 cm³/mol. The first-order chi connectivity index (χ1) is 6.15. The fraction of sp³-hybridized carbons (Fsp3) is 0.125. The minimum Gasteiger partial charge on any atom is -0.508 e. The monoisotopic (exact) mass is 181 g/mol. The number of aromatic hydroxyl groups is 1. The Morgan fingerprint density at radius 1 is 1.54 bits per heavy atom. The van der Waals surface area contributed by atoms with Crippen molar-refractivity contribution >= 4 is 12.0 Å². The predicted octanol–water partition coefficient (Wildman–Crippen LogP) is 1.04. The molecular formula is C8H7NO4. The fourth-order valence-corrected chi connectivity index (χ4v) is 1.00. The van der Waals surface area contributed by atoms with Crippen molar-refractivity contribution in [1.29, 1.82) is 0 Å². The summed E-state index contributed by atoms with van der Waals surface area (Å²) in [6.45, 7) is 0. The highest BCUT2D eigenvalue weighted by atomic mass is 16.6. The Kier molecular flexibility index (Phi) is 2.59. The van der Waals surface area contributed by atoms with E-state index in [9.17, 15) is 14.9 Å². The van der Waals surface area contributed by atoms with E-state index in [0.717, 1.165) is 0 Å². The molecule has 0 aliphatic carbocycles. The zero-order valence-corrected chi connectivity index (χ0v) is 6.64. The molecule has 0 radical (unpaired) electrons. The summed E-state index contributed by atoms with van der Waals surface area (Å²) in [7, 11) is 0. The van der Waals surface area contributed by atoms with Gasteiger partial charge in [0, 0.05) is 18.1 Å². The number of hydrogen-bond donors (Lipinski definition) is 1. The number of rotatable bonds is 3. The van der Waals surface area contributed by atoms with Crippen LogP contribution >= 0.6 is 0 Å². The Morgan fingerprint density at radius 3 is 2.77 bits per heavy atom. The second-order valence-corrected chi connectivity index (χ2v) is 2.44. The van der Waals surface area contributed by atoms with Crippen molar-refractivity contribution in [2.24, 2.45) is 0 Å². The lowest BCUT2D eigenvalue weighted by atomic mass is 10.1. The first kappa shape index (κ1) is 9.18. The van der Waals surface area contributed by atoms with Crippen LogP contribution in [0.15, 0.2) is 18.2 Å². The molecule has 0 saturated carbocycles. The number of hydrogen-bond acceptors (Lipinski definition) is 4. The summed E-state index contributed by atoms with van der Waals surface area (Å²) in [5.41, 5.74) is 0.0740. The molecule has 1 N–H and O–H groups in total. The molecular weight excluding hydrogens is 174 g/mol. The third kappa shape index (κ3) is 2.02. The maximum atomic E-state index is 10.4. The topological polar surface area (TPSA) is 80.4 Å². The Morgan fingerprint density at radius 2 is 2.23 bits per heavy atom. The molecule has 0 spiro atoms. The van der Waals surface area contributed by atoms with E-state index in [-0.39, 0.29) is 23.4 Å². The molecule has 1 aromatic rings. The van der Waals surface area contributed by atoms with Gasteiger partial charge in [-0.25, -0.2) is 0 Å². The van der Waals surface area contributed by atoms with Gasteiger partial charge in [0.05, 0.1) is 4.92 Å². The molecule has 0 saturated heterocycles. The van der Waals surface area contributed by atoms with E-state index in [1.807, 2.05) is 0 Å².